The molecule has 1 aromatic rings. The zero-order valence-electron chi connectivity index (χ0n) is 7.72. The van der Waals surface area contributed by atoms with E-state index in [1.54, 1.807) is 13.0 Å². The Morgan fingerprint density at radius 3 is 2.47 bits per heavy atom. The Hall–Kier alpha value is -0.130. The van der Waals surface area contributed by atoms with E-state index in [1.165, 1.54) is 0 Å². The molecule has 0 aliphatic carbocycles. The van der Waals surface area contributed by atoms with E-state index in [0.29, 0.717) is 5.57 Å². The van der Waals surface area contributed by atoms with Gasteiger partial charge in [-0.25, -0.2) is 4.79 Å². The molecule has 80 valence electrons. The summed E-state index contributed by atoms with van der Waals surface area (Å²) in [6.07, 6.45) is 1.61. The van der Waals surface area contributed by atoms with Crippen molar-refractivity contribution in [3.8, 4) is 0 Å². The Morgan fingerprint density at radius 2 is 1.93 bits per heavy atom. The Kier molecular flexibility index (Phi) is 4.55. The van der Waals surface area contributed by atoms with Gasteiger partial charge in [0, 0.05) is 19.0 Å². The molecule has 0 unspecified atom stereocenters. The highest BCUT2D eigenvalue weighted by Gasteiger charge is 2.06. The van der Waals surface area contributed by atoms with E-state index < -0.39 is 5.97 Å². The number of benzene rings is 1. The summed E-state index contributed by atoms with van der Waals surface area (Å²) in [6.45, 7) is 1.56. The molecule has 0 atom stereocenters. The average Bonchev–Trinajstić information content (AvgIpc) is 2.13. The van der Waals surface area contributed by atoms with Gasteiger partial charge in [0.25, 0.3) is 0 Å². The number of hydrogen-bond acceptors (Lipinski definition) is 1. The molecule has 0 aromatic heterocycles. The zero-order valence-corrected chi connectivity index (χ0v) is 12.5. The quantitative estimate of drug-likeness (QED) is 0.589. The first-order valence-electron chi connectivity index (χ1n) is 3.98. The van der Waals surface area contributed by atoms with Crippen LogP contribution in [0.3, 0.4) is 0 Å². The van der Waals surface area contributed by atoms with Gasteiger partial charge < -0.3 is 5.11 Å². The number of rotatable bonds is 2. The second-order valence-electron chi connectivity index (χ2n) is 2.92. The highest BCUT2D eigenvalue weighted by molar-refractivity contribution is 9.13. The van der Waals surface area contributed by atoms with Crippen LogP contribution in [0.25, 0.3) is 6.08 Å². The molecule has 0 bridgehead atoms. The number of carboxylic acids is 1. The predicted molar refractivity (Wildman–Crippen MR) is 70.8 cm³/mol. The second kappa shape index (κ2) is 5.27. The summed E-state index contributed by atoms with van der Waals surface area (Å²) in [4.78, 5) is 10.7. The molecule has 0 radical (unpaired) electrons. The average molecular weight is 399 g/mol. The maximum absolute atomic E-state index is 10.7. The number of hydrogen-bond donors (Lipinski definition) is 1. The fraction of sp³-hybridized carbons (Fsp3) is 0.100. The molecule has 0 fully saturated rings. The van der Waals surface area contributed by atoms with E-state index >= 15 is 0 Å². The van der Waals surface area contributed by atoms with Gasteiger partial charge in [-0.2, -0.15) is 0 Å². The molecule has 5 heteroatoms. The normalized spacial score (nSPS) is 11.6. The number of halogens is 3. The molecule has 0 amide bonds. The van der Waals surface area contributed by atoms with Crippen molar-refractivity contribution in [2.24, 2.45) is 0 Å². The largest absolute Gasteiger partial charge is 0.478 e. The van der Waals surface area contributed by atoms with Gasteiger partial charge in [-0.15, -0.1) is 0 Å². The summed E-state index contributed by atoms with van der Waals surface area (Å²) < 4.78 is 2.61. The standard InChI is InChI=1S/C10H7Br3O2/c1-5(10(14)15)2-6-3-7(11)4-8(12)9(6)13/h2-4H,1H3,(H,14,15). The molecular weight excluding hydrogens is 392 g/mol. The van der Waals surface area contributed by atoms with E-state index in [1.807, 2.05) is 12.1 Å². The van der Waals surface area contributed by atoms with Crippen LogP contribution in [0, 0.1) is 0 Å². The number of aliphatic carboxylic acids is 1. The van der Waals surface area contributed by atoms with Crippen molar-refractivity contribution in [2.45, 2.75) is 6.92 Å². The van der Waals surface area contributed by atoms with Crippen LogP contribution in [-0.2, 0) is 4.79 Å². The monoisotopic (exact) mass is 396 g/mol. The van der Waals surface area contributed by atoms with Crippen LogP contribution in [0.15, 0.2) is 31.1 Å². The van der Waals surface area contributed by atoms with Gasteiger partial charge in [0.1, 0.15) is 0 Å². The van der Waals surface area contributed by atoms with Crippen LogP contribution in [0.5, 0.6) is 0 Å². The second-order valence-corrected chi connectivity index (χ2v) is 5.49. The van der Waals surface area contributed by atoms with Crippen molar-refractivity contribution in [2.75, 3.05) is 0 Å². The summed E-state index contributed by atoms with van der Waals surface area (Å²) >= 11 is 10.1. The maximum atomic E-state index is 10.7. The fourth-order valence-electron chi connectivity index (χ4n) is 0.976. The van der Waals surface area contributed by atoms with E-state index in [0.717, 1.165) is 19.0 Å². The minimum atomic E-state index is -0.919. The van der Waals surface area contributed by atoms with Crippen molar-refractivity contribution in [1.29, 1.82) is 0 Å². The molecule has 0 heterocycles. The van der Waals surface area contributed by atoms with Gasteiger partial charge in [-0.3, -0.25) is 0 Å². The van der Waals surface area contributed by atoms with E-state index in [-0.39, 0.29) is 0 Å². The molecule has 2 nitrogen and oxygen atoms in total. The molecule has 1 N–H and O–H groups in total. The number of carboxylic acid groups (broad SMARTS) is 1. The van der Waals surface area contributed by atoms with Crippen LogP contribution in [0.4, 0.5) is 0 Å². The van der Waals surface area contributed by atoms with Crippen molar-refractivity contribution < 1.29 is 9.90 Å². The first kappa shape index (κ1) is 12.9. The van der Waals surface area contributed by atoms with Gasteiger partial charge in [-0.05, 0) is 62.6 Å². The lowest BCUT2D eigenvalue weighted by Gasteiger charge is -2.03. The smallest absolute Gasteiger partial charge is 0.331 e. The summed E-state index contributed by atoms with van der Waals surface area (Å²) in [5, 5.41) is 8.77. The molecule has 0 aliphatic rings. The molecule has 1 rings (SSSR count). The molecule has 0 spiro atoms. The predicted octanol–water partition coefficient (Wildman–Crippen LogP) is 4.46. The SMILES string of the molecule is CC(=Cc1cc(Br)cc(Br)c1Br)C(=O)O. The van der Waals surface area contributed by atoms with Crippen LogP contribution < -0.4 is 0 Å². The first-order valence-corrected chi connectivity index (χ1v) is 6.36. The van der Waals surface area contributed by atoms with Crippen molar-refractivity contribution in [3.63, 3.8) is 0 Å². The molecule has 0 saturated carbocycles. The summed E-state index contributed by atoms with van der Waals surface area (Å²) in [6, 6.07) is 3.73. The van der Waals surface area contributed by atoms with Gasteiger partial charge in [0.2, 0.25) is 0 Å². The van der Waals surface area contributed by atoms with E-state index in [9.17, 15) is 4.79 Å². The minimum Gasteiger partial charge on any atom is -0.478 e. The highest BCUT2D eigenvalue weighted by Crippen LogP contribution is 2.31. The number of carbonyl (C=O) groups is 1. The van der Waals surface area contributed by atoms with Crippen molar-refractivity contribution in [1.82, 2.24) is 0 Å². The Balaban J connectivity index is 3.26. The van der Waals surface area contributed by atoms with Crippen molar-refractivity contribution in [3.05, 3.63) is 36.7 Å². The van der Waals surface area contributed by atoms with Crippen LogP contribution in [0.1, 0.15) is 12.5 Å². The third-order valence-corrected chi connectivity index (χ3v) is 4.23. The lowest BCUT2D eigenvalue weighted by atomic mass is 10.1. The third-order valence-electron chi connectivity index (χ3n) is 1.73. The summed E-state index contributed by atoms with van der Waals surface area (Å²) in [5.41, 5.74) is 1.11. The lowest BCUT2D eigenvalue weighted by Crippen LogP contribution is -1.95. The zero-order chi connectivity index (χ0) is 11.6. The van der Waals surface area contributed by atoms with Crippen LogP contribution >= 0.6 is 47.8 Å². The van der Waals surface area contributed by atoms with E-state index in [2.05, 4.69) is 47.8 Å². The Morgan fingerprint density at radius 1 is 1.33 bits per heavy atom. The highest BCUT2D eigenvalue weighted by atomic mass is 79.9. The first-order chi connectivity index (χ1) is 6.91. The van der Waals surface area contributed by atoms with Gasteiger partial charge in [0.15, 0.2) is 0 Å². The molecule has 0 aliphatic heterocycles. The van der Waals surface area contributed by atoms with Gasteiger partial charge >= 0.3 is 5.97 Å². The topological polar surface area (TPSA) is 37.3 Å². The molecule has 0 saturated heterocycles. The molecular formula is C10H7Br3O2. The minimum absolute atomic E-state index is 0.292. The maximum Gasteiger partial charge on any atom is 0.331 e. The van der Waals surface area contributed by atoms with Gasteiger partial charge in [0.05, 0.1) is 0 Å². The molecule has 1 aromatic carbocycles. The summed E-state index contributed by atoms with van der Waals surface area (Å²) in [7, 11) is 0. The van der Waals surface area contributed by atoms with E-state index in [4.69, 9.17) is 5.11 Å². The van der Waals surface area contributed by atoms with Crippen LogP contribution in [-0.4, -0.2) is 11.1 Å². The fourth-order valence-corrected chi connectivity index (χ4v) is 2.58. The molecule has 15 heavy (non-hydrogen) atoms. The van der Waals surface area contributed by atoms with Crippen LogP contribution in [0.2, 0.25) is 0 Å². The lowest BCUT2D eigenvalue weighted by molar-refractivity contribution is -0.132. The Bertz CT molecular complexity index is 439. The summed E-state index contributed by atoms with van der Waals surface area (Å²) in [5.74, 6) is -0.919. The van der Waals surface area contributed by atoms with Gasteiger partial charge in [-0.1, -0.05) is 15.9 Å². The Labute approximate surface area is 113 Å². The third kappa shape index (κ3) is 3.43. The van der Waals surface area contributed by atoms with Crippen molar-refractivity contribution >= 4 is 59.8 Å².